The first-order valence-corrected chi connectivity index (χ1v) is 11.0. The van der Waals surface area contributed by atoms with Crippen LogP contribution in [0.5, 0.6) is 0 Å². The Kier molecular flexibility index (Phi) is 4.63. The molecule has 7 nitrogen and oxygen atoms in total. The third-order valence-electron chi connectivity index (χ3n) is 4.83. The summed E-state index contributed by atoms with van der Waals surface area (Å²) >= 11 is 6.46. The van der Waals surface area contributed by atoms with Gasteiger partial charge in [-0.1, -0.05) is 29.3 Å². The Bertz CT molecular complexity index is 1130. The molecule has 1 aromatic heterocycles. The van der Waals surface area contributed by atoms with Crippen LogP contribution in [-0.2, 0) is 19.4 Å². The van der Waals surface area contributed by atoms with Crippen molar-refractivity contribution in [3.8, 4) is 0 Å². The maximum atomic E-state index is 12.2. The molecule has 2 aliphatic rings. The Balaban J connectivity index is 1.67. The van der Waals surface area contributed by atoms with Crippen molar-refractivity contribution in [3.05, 3.63) is 57.5 Å². The normalized spacial score (nSPS) is 22.5. The number of carbonyl (C=O) groups excluding carboxylic acids is 1. The smallest absolute Gasteiger partial charge is 0.363 e. The molecule has 1 atom stereocenters. The SMILES string of the molecule is Cc1ccc(C2=N/C(=C/c3c(C)nn([C@H]4CCS(=O)(=O)C4)c3Cl)C(=O)O2)cc1. The van der Waals surface area contributed by atoms with Gasteiger partial charge in [0, 0.05) is 11.1 Å². The summed E-state index contributed by atoms with van der Waals surface area (Å²) in [7, 11) is -3.07. The van der Waals surface area contributed by atoms with Gasteiger partial charge in [-0.3, -0.25) is 0 Å². The molecule has 1 fully saturated rings. The summed E-state index contributed by atoms with van der Waals surface area (Å²) in [6.45, 7) is 3.72. The van der Waals surface area contributed by atoms with Gasteiger partial charge in [-0.05, 0) is 38.5 Å². The molecule has 0 N–H and O–H groups in total. The average molecular weight is 420 g/mol. The lowest BCUT2D eigenvalue weighted by Gasteiger charge is -2.09. The second-order valence-corrected chi connectivity index (χ2v) is 9.58. The number of ether oxygens (including phenoxy) is 1. The van der Waals surface area contributed by atoms with Gasteiger partial charge in [0.15, 0.2) is 15.5 Å². The van der Waals surface area contributed by atoms with Gasteiger partial charge in [0.2, 0.25) is 5.90 Å². The van der Waals surface area contributed by atoms with E-state index in [2.05, 4.69) is 10.1 Å². The van der Waals surface area contributed by atoms with Gasteiger partial charge in [0.1, 0.15) is 5.15 Å². The third-order valence-corrected chi connectivity index (χ3v) is 6.95. The van der Waals surface area contributed by atoms with Gasteiger partial charge in [-0.25, -0.2) is 22.9 Å². The fourth-order valence-corrected chi connectivity index (χ4v) is 5.33. The number of hydrogen-bond donors (Lipinski definition) is 0. The molecule has 1 aromatic carbocycles. The molecule has 0 saturated carbocycles. The second kappa shape index (κ2) is 6.86. The van der Waals surface area contributed by atoms with Crippen LogP contribution in [-0.4, -0.2) is 41.6 Å². The van der Waals surface area contributed by atoms with E-state index in [9.17, 15) is 13.2 Å². The Hall–Kier alpha value is -2.45. The highest BCUT2D eigenvalue weighted by molar-refractivity contribution is 7.91. The van der Waals surface area contributed by atoms with E-state index in [-0.39, 0.29) is 29.1 Å². The Morgan fingerprint density at radius 2 is 1.96 bits per heavy atom. The molecule has 0 amide bonds. The van der Waals surface area contributed by atoms with E-state index in [1.165, 1.54) is 10.8 Å². The van der Waals surface area contributed by atoms with Crippen LogP contribution in [0, 0.1) is 13.8 Å². The topological polar surface area (TPSA) is 90.6 Å². The minimum atomic E-state index is -3.07. The van der Waals surface area contributed by atoms with Crippen LogP contribution in [0.1, 0.15) is 34.8 Å². The summed E-state index contributed by atoms with van der Waals surface area (Å²) in [6, 6.07) is 7.19. The number of benzene rings is 1. The van der Waals surface area contributed by atoms with Gasteiger partial charge >= 0.3 is 5.97 Å². The molecular formula is C19H18ClN3O4S. The van der Waals surface area contributed by atoms with Crippen LogP contribution in [0.3, 0.4) is 0 Å². The molecule has 28 heavy (non-hydrogen) atoms. The van der Waals surface area contributed by atoms with E-state index in [1.807, 2.05) is 31.2 Å². The molecule has 3 heterocycles. The number of hydrogen-bond acceptors (Lipinski definition) is 6. The van der Waals surface area contributed by atoms with Crippen molar-refractivity contribution in [3.63, 3.8) is 0 Å². The molecule has 0 radical (unpaired) electrons. The number of aliphatic imine (C=N–C) groups is 1. The largest absolute Gasteiger partial charge is 0.402 e. The van der Waals surface area contributed by atoms with Gasteiger partial charge in [0.05, 0.1) is 23.2 Å². The van der Waals surface area contributed by atoms with Gasteiger partial charge in [0.25, 0.3) is 0 Å². The van der Waals surface area contributed by atoms with E-state index in [1.54, 1.807) is 6.92 Å². The summed E-state index contributed by atoms with van der Waals surface area (Å²) in [5.74, 6) is -0.192. The number of esters is 1. The van der Waals surface area contributed by atoms with Crippen LogP contribution in [0.2, 0.25) is 5.15 Å². The zero-order valence-corrected chi connectivity index (χ0v) is 16.9. The molecule has 0 aliphatic carbocycles. The first-order valence-electron chi connectivity index (χ1n) is 8.78. The van der Waals surface area contributed by atoms with Crippen molar-refractivity contribution < 1.29 is 17.9 Å². The first-order chi connectivity index (χ1) is 13.2. The molecule has 4 rings (SSSR count). The summed E-state index contributed by atoms with van der Waals surface area (Å²) in [5, 5.41) is 4.68. The fraction of sp³-hybridized carbons (Fsp3) is 0.316. The van der Waals surface area contributed by atoms with Crippen molar-refractivity contribution >= 4 is 39.4 Å². The first kappa shape index (κ1) is 18.9. The van der Waals surface area contributed by atoms with E-state index >= 15 is 0 Å². The van der Waals surface area contributed by atoms with E-state index < -0.39 is 15.8 Å². The predicted molar refractivity (Wildman–Crippen MR) is 106 cm³/mol. The maximum absolute atomic E-state index is 12.2. The molecular weight excluding hydrogens is 402 g/mol. The molecule has 146 valence electrons. The third kappa shape index (κ3) is 3.49. The maximum Gasteiger partial charge on any atom is 0.363 e. The summed E-state index contributed by atoms with van der Waals surface area (Å²) in [4.78, 5) is 16.5. The van der Waals surface area contributed by atoms with Crippen molar-refractivity contribution in [1.29, 1.82) is 0 Å². The van der Waals surface area contributed by atoms with Gasteiger partial charge in [-0.15, -0.1) is 0 Å². The van der Waals surface area contributed by atoms with E-state index in [4.69, 9.17) is 16.3 Å². The Labute approximate surface area is 167 Å². The molecule has 2 aromatic rings. The average Bonchev–Trinajstić information content (AvgIpc) is 3.27. The molecule has 9 heteroatoms. The minimum Gasteiger partial charge on any atom is -0.402 e. The van der Waals surface area contributed by atoms with Crippen molar-refractivity contribution in [2.75, 3.05) is 11.5 Å². The second-order valence-electron chi connectivity index (χ2n) is 6.99. The van der Waals surface area contributed by atoms with E-state index in [0.29, 0.717) is 28.4 Å². The van der Waals surface area contributed by atoms with Crippen LogP contribution in [0.4, 0.5) is 0 Å². The number of rotatable bonds is 3. The van der Waals surface area contributed by atoms with Crippen molar-refractivity contribution in [2.24, 2.45) is 4.99 Å². The number of aryl methyl sites for hydroxylation is 2. The zero-order valence-electron chi connectivity index (χ0n) is 15.3. The highest BCUT2D eigenvalue weighted by Gasteiger charge is 2.32. The lowest BCUT2D eigenvalue weighted by atomic mass is 10.1. The summed E-state index contributed by atoms with van der Waals surface area (Å²) < 4.78 is 30.3. The van der Waals surface area contributed by atoms with Crippen LogP contribution in [0.25, 0.3) is 6.08 Å². The number of nitrogens with zero attached hydrogens (tertiary/aromatic N) is 3. The van der Waals surface area contributed by atoms with Crippen LogP contribution >= 0.6 is 11.6 Å². The van der Waals surface area contributed by atoms with E-state index in [0.717, 1.165) is 5.56 Å². The van der Waals surface area contributed by atoms with Gasteiger partial charge in [-0.2, -0.15) is 5.10 Å². The lowest BCUT2D eigenvalue weighted by Crippen LogP contribution is -2.12. The molecule has 2 aliphatic heterocycles. The highest BCUT2D eigenvalue weighted by Crippen LogP contribution is 2.32. The monoisotopic (exact) mass is 419 g/mol. The molecule has 0 bridgehead atoms. The predicted octanol–water partition coefficient (Wildman–Crippen LogP) is 2.86. The summed E-state index contributed by atoms with van der Waals surface area (Å²) in [5.41, 5.74) is 3.05. The number of aromatic nitrogens is 2. The number of sulfone groups is 1. The Morgan fingerprint density at radius 1 is 1.25 bits per heavy atom. The molecule has 0 unspecified atom stereocenters. The van der Waals surface area contributed by atoms with Gasteiger partial charge < -0.3 is 4.74 Å². The number of cyclic esters (lactones) is 1. The lowest BCUT2D eigenvalue weighted by molar-refractivity contribution is -0.129. The Morgan fingerprint density at radius 3 is 2.61 bits per heavy atom. The molecule has 1 saturated heterocycles. The fourth-order valence-electron chi connectivity index (χ4n) is 3.27. The standard InChI is InChI=1S/C19H18ClN3O4S/c1-11-3-5-13(6-4-11)18-21-16(19(24)27-18)9-15-12(2)22-23(17(15)20)14-7-8-28(25,26)10-14/h3-6,9,14H,7-8,10H2,1-2H3/b16-9+/t14-/m0/s1. The van der Waals surface area contributed by atoms with Crippen molar-refractivity contribution in [2.45, 2.75) is 26.3 Å². The highest BCUT2D eigenvalue weighted by atomic mass is 35.5. The van der Waals surface area contributed by atoms with Crippen LogP contribution < -0.4 is 0 Å². The summed E-state index contributed by atoms with van der Waals surface area (Å²) in [6.07, 6.45) is 2.01. The molecule has 0 spiro atoms. The number of halogens is 1. The quantitative estimate of drug-likeness (QED) is 0.563. The zero-order chi connectivity index (χ0) is 20.1. The van der Waals surface area contributed by atoms with Crippen LogP contribution in [0.15, 0.2) is 35.0 Å². The number of carbonyl (C=O) groups is 1. The van der Waals surface area contributed by atoms with Crippen molar-refractivity contribution in [1.82, 2.24) is 9.78 Å². The minimum absolute atomic E-state index is 0.0155.